The molecule has 25 heavy (non-hydrogen) atoms. The summed E-state index contributed by atoms with van der Waals surface area (Å²) in [5.74, 6) is 0.821. The Labute approximate surface area is 147 Å². The summed E-state index contributed by atoms with van der Waals surface area (Å²) in [6, 6.07) is 11.9. The maximum Gasteiger partial charge on any atom is 0.118 e. The second-order valence-electron chi connectivity index (χ2n) is 6.34. The van der Waals surface area contributed by atoms with Crippen molar-refractivity contribution < 1.29 is 14.6 Å². The summed E-state index contributed by atoms with van der Waals surface area (Å²) in [6.45, 7) is 5.36. The number of nitrogens with zero attached hydrogens (tertiary/aromatic N) is 2. The first-order valence-electron chi connectivity index (χ1n) is 8.37. The number of rotatable bonds is 7. The van der Waals surface area contributed by atoms with Crippen LogP contribution in [0.25, 0.3) is 11.0 Å². The molecule has 0 radical (unpaired) electrons. The monoisotopic (exact) mass is 340 g/mol. The van der Waals surface area contributed by atoms with E-state index in [0.29, 0.717) is 13.2 Å². The molecule has 0 aliphatic carbocycles. The number of aliphatic hydroxyl groups excluding tert-OH is 1. The number of benzene rings is 2. The van der Waals surface area contributed by atoms with E-state index in [1.54, 1.807) is 13.4 Å². The zero-order valence-corrected chi connectivity index (χ0v) is 14.9. The van der Waals surface area contributed by atoms with E-state index in [4.69, 9.17) is 9.47 Å². The van der Waals surface area contributed by atoms with Gasteiger partial charge in [-0.1, -0.05) is 12.1 Å². The number of aryl methyl sites for hydroxylation is 2. The van der Waals surface area contributed by atoms with E-state index in [2.05, 4.69) is 31.0 Å². The summed E-state index contributed by atoms with van der Waals surface area (Å²) in [7, 11) is 1.64. The first-order chi connectivity index (χ1) is 12.1. The molecule has 0 fully saturated rings. The predicted molar refractivity (Wildman–Crippen MR) is 97.9 cm³/mol. The molecule has 1 atom stereocenters. The molecule has 0 spiro atoms. The Morgan fingerprint density at radius 3 is 2.56 bits per heavy atom. The number of ether oxygens (including phenoxy) is 2. The van der Waals surface area contributed by atoms with E-state index < -0.39 is 6.10 Å². The number of methoxy groups -OCH3 is 1. The largest absolute Gasteiger partial charge is 0.497 e. The van der Waals surface area contributed by atoms with Gasteiger partial charge in [-0.15, -0.1) is 0 Å². The van der Waals surface area contributed by atoms with Crippen LogP contribution in [0.3, 0.4) is 0 Å². The average molecular weight is 340 g/mol. The summed E-state index contributed by atoms with van der Waals surface area (Å²) in [4.78, 5) is 4.42. The topological polar surface area (TPSA) is 56.5 Å². The minimum absolute atomic E-state index is 0.274. The van der Waals surface area contributed by atoms with Crippen LogP contribution in [0, 0.1) is 13.8 Å². The van der Waals surface area contributed by atoms with Gasteiger partial charge in [0.1, 0.15) is 5.75 Å². The van der Waals surface area contributed by atoms with Crippen molar-refractivity contribution in [3.05, 3.63) is 59.4 Å². The lowest BCUT2D eigenvalue weighted by Crippen LogP contribution is -2.21. The van der Waals surface area contributed by atoms with Gasteiger partial charge in [0.15, 0.2) is 0 Å². The van der Waals surface area contributed by atoms with Crippen molar-refractivity contribution in [3.63, 3.8) is 0 Å². The first kappa shape index (κ1) is 17.5. The number of hydrogen-bond acceptors (Lipinski definition) is 4. The van der Waals surface area contributed by atoms with Crippen LogP contribution < -0.4 is 4.74 Å². The fraction of sp³-hybridized carbons (Fsp3) is 0.350. The first-order valence-corrected chi connectivity index (χ1v) is 8.37. The summed E-state index contributed by atoms with van der Waals surface area (Å²) >= 11 is 0. The highest BCUT2D eigenvalue weighted by molar-refractivity contribution is 5.77. The van der Waals surface area contributed by atoms with E-state index in [-0.39, 0.29) is 6.61 Å². The Morgan fingerprint density at radius 2 is 1.84 bits per heavy atom. The van der Waals surface area contributed by atoms with Gasteiger partial charge in [-0.3, -0.25) is 0 Å². The van der Waals surface area contributed by atoms with Gasteiger partial charge in [-0.2, -0.15) is 0 Å². The summed E-state index contributed by atoms with van der Waals surface area (Å²) in [6.07, 6.45) is 1.19. The molecule has 1 aromatic heterocycles. The van der Waals surface area contributed by atoms with Gasteiger partial charge < -0.3 is 19.1 Å². The maximum absolute atomic E-state index is 10.3. The fourth-order valence-electron chi connectivity index (χ4n) is 2.77. The molecule has 3 rings (SSSR count). The summed E-state index contributed by atoms with van der Waals surface area (Å²) in [5.41, 5.74) is 5.49. The van der Waals surface area contributed by atoms with Crippen molar-refractivity contribution in [1.82, 2.24) is 9.55 Å². The third-order valence-electron chi connectivity index (χ3n) is 4.38. The summed E-state index contributed by atoms with van der Waals surface area (Å²) < 4.78 is 12.7. The minimum atomic E-state index is -0.586. The molecule has 0 saturated carbocycles. The quantitative estimate of drug-likeness (QED) is 0.717. The number of aromatic nitrogens is 2. The van der Waals surface area contributed by atoms with Crippen molar-refractivity contribution in [3.8, 4) is 5.75 Å². The van der Waals surface area contributed by atoms with E-state index in [1.165, 1.54) is 11.1 Å². The molecule has 132 valence electrons. The highest BCUT2D eigenvalue weighted by atomic mass is 16.5. The van der Waals surface area contributed by atoms with Crippen molar-refractivity contribution >= 4 is 11.0 Å². The molecule has 0 saturated heterocycles. The molecule has 0 aliphatic rings. The lowest BCUT2D eigenvalue weighted by molar-refractivity contribution is 0.0208. The van der Waals surface area contributed by atoms with Crippen LogP contribution in [-0.4, -0.2) is 34.5 Å². The Morgan fingerprint density at radius 1 is 1.12 bits per heavy atom. The van der Waals surface area contributed by atoms with Gasteiger partial charge in [0, 0.05) is 0 Å². The lowest BCUT2D eigenvalue weighted by atomic mass is 10.1. The molecule has 0 aliphatic heterocycles. The van der Waals surface area contributed by atoms with Crippen LogP contribution in [0.1, 0.15) is 16.7 Å². The maximum atomic E-state index is 10.3. The number of fused-ring (bicyclic) bond motifs is 1. The second-order valence-corrected chi connectivity index (χ2v) is 6.34. The van der Waals surface area contributed by atoms with Gasteiger partial charge in [0.25, 0.3) is 0 Å². The molecule has 0 bridgehead atoms. The van der Waals surface area contributed by atoms with Crippen molar-refractivity contribution in [2.75, 3.05) is 13.7 Å². The van der Waals surface area contributed by atoms with Gasteiger partial charge in [0.2, 0.25) is 0 Å². The second kappa shape index (κ2) is 7.68. The van der Waals surface area contributed by atoms with E-state index in [1.807, 2.05) is 28.8 Å². The molecule has 1 unspecified atom stereocenters. The smallest absolute Gasteiger partial charge is 0.118 e. The average Bonchev–Trinajstić information content (AvgIpc) is 2.97. The van der Waals surface area contributed by atoms with Crippen LogP contribution in [0.15, 0.2) is 42.7 Å². The SMILES string of the molecule is COc1ccc(COCC(O)Cn2cnc3cc(C)c(C)cc32)cc1. The Balaban J connectivity index is 1.55. The Bertz CT molecular complexity index is 840. The molecule has 5 heteroatoms. The van der Waals surface area contributed by atoms with Gasteiger partial charge in [0.05, 0.1) is 50.3 Å². The number of hydrogen-bond donors (Lipinski definition) is 1. The molecule has 3 aromatic rings. The third kappa shape index (κ3) is 4.18. The molecular weight excluding hydrogens is 316 g/mol. The normalized spacial score (nSPS) is 12.5. The van der Waals surface area contributed by atoms with Crippen LogP contribution in [0.2, 0.25) is 0 Å². The van der Waals surface area contributed by atoms with Crippen LogP contribution in [-0.2, 0) is 17.9 Å². The standard InChI is InChI=1S/C20H24N2O3/c1-14-8-19-20(9-15(14)2)22(13-21-19)10-17(23)12-25-11-16-4-6-18(24-3)7-5-16/h4-9,13,17,23H,10-12H2,1-3H3. The highest BCUT2D eigenvalue weighted by Crippen LogP contribution is 2.19. The molecular formula is C20H24N2O3. The molecule has 1 heterocycles. The van der Waals surface area contributed by atoms with Gasteiger partial charge >= 0.3 is 0 Å². The number of imidazole rings is 1. The van der Waals surface area contributed by atoms with Crippen LogP contribution in [0.4, 0.5) is 0 Å². The molecule has 2 aromatic carbocycles. The van der Waals surface area contributed by atoms with E-state index >= 15 is 0 Å². The van der Waals surface area contributed by atoms with Gasteiger partial charge in [-0.25, -0.2) is 4.98 Å². The van der Waals surface area contributed by atoms with Crippen molar-refractivity contribution in [1.29, 1.82) is 0 Å². The molecule has 0 amide bonds. The Hall–Kier alpha value is -2.37. The van der Waals surface area contributed by atoms with Crippen molar-refractivity contribution in [2.24, 2.45) is 0 Å². The summed E-state index contributed by atoms with van der Waals surface area (Å²) in [5, 5.41) is 10.3. The van der Waals surface area contributed by atoms with Crippen LogP contribution in [0.5, 0.6) is 5.75 Å². The minimum Gasteiger partial charge on any atom is -0.497 e. The van der Waals surface area contributed by atoms with E-state index in [9.17, 15) is 5.11 Å². The van der Waals surface area contributed by atoms with Crippen molar-refractivity contribution in [2.45, 2.75) is 33.1 Å². The molecule has 5 nitrogen and oxygen atoms in total. The third-order valence-corrected chi connectivity index (χ3v) is 4.38. The van der Waals surface area contributed by atoms with E-state index in [0.717, 1.165) is 22.3 Å². The highest BCUT2D eigenvalue weighted by Gasteiger charge is 2.10. The number of aliphatic hydroxyl groups is 1. The Kier molecular flexibility index (Phi) is 5.36. The zero-order chi connectivity index (χ0) is 17.8. The fourth-order valence-corrected chi connectivity index (χ4v) is 2.77. The predicted octanol–water partition coefficient (Wildman–Crippen LogP) is 3.24. The molecule has 1 N–H and O–H groups in total. The van der Waals surface area contributed by atoms with Crippen LogP contribution >= 0.6 is 0 Å². The lowest BCUT2D eigenvalue weighted by Gasteiger charge is -2.13. The zero-order valence-electron chi connectivity index (χ0n) is 14.9. The van der Waals surface area contributed by atoms with Gasteiger partial charge in [-0.05, 0) is 54.8 Å².